The zero-order valence-corrected chi connectivity index (χ0v) is 12.2. The monoisotopic (exact) mass is 317 g/mol. The van der Waals surface area contributed by atoms with E-state index < -0.39 is 0 Å². The van der Waals surface area contributed by atoms with Gasteiger partial charge in [-0.05, 0) is 48.2 Å². The maximum absolute atomic E-state index is 5.81. The first-order chi connectivity index (χ1) is 9.31. The van der Waals surface area contributed by atoms with Gasteiger partial charge in [-0.1, -0.05) is 34.1 Å². The number of hydrogen-bond donors (Lipinski definition) is 1. The summed E-state index contributed by atoms with van der Waals surface area (Å²) in [5.74, 6) is 0.889. The molecule has 0 aromatic heterocycles. The third kappa shape index (κ3) is 3.10. The molecular formula is C16H16BrNO. The van der Waals surface area contributed by atoms with Gasteiger partial charge in [0, 0.05) is 16.7 Å². The number of benzene rings is 2. The largest absolute Gasteiger partial charge is 0.489 e. The van der Waals surface area contributed by atoms with E-state index in [2.05, 4.69) is 39.4 Å². The SMILES string of the molecule is Brc1cccc(OCc2ccc3c(c2)NCCC3)c1. The molecule has 0 radical (unpaired) electrons. The predicted octanol–water partition coefficient (Wildman–Crippen LogP) is 4.39. The van der Waals surface area contributed by atoms with Crippen LogP contribution in [-0.4, -0.2) is 6.54 Å². The zero-order chi connectivity index (χ0) is 13.1. The molecule has 1 N–H and O–H groups in total. The van der Waals surface area contributed by atoms with E-state index in [9.17, 15) is 0 Å². The first-order valence-electron chi connectivity index (χ1n) is 6.55. The lowest BCUT2D eigenvalue weighted by molar-refractivity contribution is 0.306. The average Bonchev–Trinajstić information content (AvgIpc) is 2.45. The van der Waals surface area contributed by atoms with Gasteiger partial charge >= 0.3 is 0 Å². The molecule has 98 valence electrons. The minimum Gasteiger partial charge on any atom is -0.489 e. The third-order valence-electron chi connectivity index (χ3n) is 3.31. The second kappa shape index (κ2) is 5.66. The Morgan fingerprint density at radius 1 is 1.16 bits per heavy atom. The highest BCUT2D eigenvalue weighted by atomic mass is 79.9. The van der Waals surface area contributed by atoms with Crippen LogP contribution in [0.3, 0.4) is 0 Å². The summed E-state index contributed by atoms with van der Waals surface area (Å²) in [6, 6.07) is 14.5. The van der Waals surface area contributed by atoms with E-state index in [-0.39, 0.29) is 0 Å². The molecule has 3 rings (SSSR count). The zero-order valence-electron chi connectivity index (χ0n) is 10.7. The molecule has 0 bridgehead atoms. The van der Waals surface area contributed by atoms with E-state index in [4.69, 9.17) is 4.74 Å². The van der Waals surface area contributed by atoms with Crippen LogP contribution in [0.5, 0.6) is 5.75 Å². The van der Waals surface area contributed by atoms with Gasteiger partial charge in [0.25, 0.3) is 0 Å². The van der Waals surface area contributed by atoms with Crippen LogP contribution in [0, 0.1) is 0 Å². The molecule has 0 unspecified atom stereocenters. The van der Waals surface area contributed by atoms with Crippen molar-refractivity contribution in [3.05, 3.63) is 58.1 Å². The van der Waals surface area contributed by atoms with Crippen molar-refractivity contribution < 1.29 is 4.74 Å². The van der Waals surface area contributed by atoms with Gasteiger partial charge < -0.3 is 10.1 Å². The van der Waals surface area contributed by atoms with Crippen LogP contribution < -0.4 is 10.1 Å². The van der Waals surface area contributed by atoms with E-state index in [0.29, 0.717) is 6.61 Å². The second-order valence-electron chi connectivity index (χ2n) is 4.77. The Morgan fingerprint density at radius 3 is 3.00 bits per heavy atom. The summed E-state index contributed by atoms with van der Waals surface area (Å²) < 4.78 is 6.85. The van der Waals surface area contributed by atoms with Gasteiger partial charge in [-0.2, -0.15) is 0 Å². The molecule has 0 saturated carbocycles. The predicted molar refractivity (Wildman–Crippen MR) is 81.7 cm³/mol. The van der Waals surface area contributed by atoms with Gasteiger partial charge in [0.2, 0.25) is 0 Å². The van der Waals surface area contributed by atoms with Gasteiger partial charge in [-0.15, -0.1) is 0 Å². The number of halogens is 1. The molecule has 2 nitrogen and oxygen atoms in total. The molecule has 2 aromatic carbocycles. The van der Waals surface area contributed by atoms with Crippen LogP contribution in [0.1, 0.15) is 17.5 Å². The summed E-state index contributed by atoms with van der Waals surface area (Å²) in [4.78, 5) is 0. The minimum absolute atomic E-state index is 0.603. The molecule has 0 aliphatic carbocycles. The molecular weight excluding hydrogens is 302 g/mol. The average molecular weight is 318 g/mol. The van der Waals surface area contributed by atoms with Crippen molar-refractivity contribution in [3.63, 3.8) is 0 Å². The standard InChI is InChI=1S/C16H16BrNO/c17-14-4-1-5-15(10-14)19-11-12-6-7-13-3-2-8-18-16(13)9-12/h1,4-7,9-10,18H,2-3,8,11H2. The van der Waals surface area contributed by atoms with Crippen molar-refractivity contribution in [2.45, 2.75) is 19.4 Å². The fourth-order valence-electron chi connectivity index (χ4n) is 2.32. The Balaban J connectivity index is 1.70. The van der Waals surface area contributed by atoms with Crippen LogP contribution in [0.25, 0.3) is 0 Å². The van der Waals surface area contributed by atoms with Crippen molar-refractivity contribution in [1.82, 2.24) is 0 Å². The first kappa shape index (κ1) is 12.5. The van der Waals surface area contributed by atoms with E-state index in [1.165, 1.54) is 29.7 Å². The fraction of sp³-hybridized carbons (Fsp3) is 0.250. The summed E-state index contributed by atoms with van der Waals surface area (Å²) >= 11 is 3.45. The number of fused-ring (bicyclic) bond motifs is 1. The Hall–Kier alpha value is -1.48. The highest BCUT2D eigenvalue weighted by Crippen LogP contribution is 2.24. The van der Waals surface area contributed by atoms with Crippen LogP contribution >= 0.6 is 15.9 Å². The summed E-state index contributed by atoms with van der Waals surface area (Å²) in [5.41, 5.74) is 3.88. The Labute approximate surface area is 121 Å². The normalized spacial score (nSPS) is 13.5. The first-order valence-corrected chi connectivity index (χ1v) is 7.34. The van der Waals surface area contributed by atoms with Crippen LogP contribution in [0.4, 0.5) is 5.69 Å². The Bertz CT molecular complexity index is 583. The summed E-state index contributed by atoms with van der Waals surface area (Å²) in [5, 5.41) is 3.45. The number of anilines is 1. The molecule has 2 aromatic rings. The second-order valence-corrected chi connectivity index (χ2v) is 5.68. The summed E-state index contributed by atoms with van der Waals surface area (Å²) in [6.07, 6.45) is 2.40. The van der Waals surface area contributed by atoms with Crippen LogP contribution in [-0.2, 0) is 13.0 Å². The lowest BCUT2D eigenvalue weighted by Gasteiger charge is -2.18. The molecule has 1 aliphatic rings. The van der Waals surface area contributed by atoms with Crippen LogP contribution in [0.2, 0.25) is 0 Å². The van der Waals surface area contributed by atoms with Gasteiger partial charge in [0.15, 0.2) is 0 Å². The highest BCUT2D eigenvalue weighted by Gasteiger charge is 2.08. The number of aryl methyl sites for hydroxylation is 1. The van der Waals surface area contributed by atoms with E-state index in [1.54, 1.807) is 0 Å². The number of hydrogen-bond acceptors (Lipinski definition) is 2. The van der Waals surface area contributed by atoms with Crippen LogP contribution in [0.15, 0.2) is 46.9 Å². The van der Waals surface area contributed by atoms with E-state index in [0.717, 1.165) is 16.8 Å². The molecule has 0 amide bonds. The van der Waals surface area contributed by atoms with Crippen molar-refractivity contribution in [3.8, 4) is 5.75 Å². The third-order valence-corrected chi connectivity index (χ3v) is 3.81. The van der Waals surface area contributed by atoms with Crippen molar-refractivity contribution in [2.75, 3.05) is 11.9 Å². The maximum Gasteiger partial charge on any atom is 0.120 e. The molecule has 1 aliphatic heterocycles. The molecule has 0 atom stereocenters. The van der Waals surface area contributed by atoms with Crippen molar-refractivity contribution in [1.29, 1.82) is 0 Å². The van der Waals surface area contributed by atoms with Crippen molar-refractivity contribution >= 4 is 21.6 Å². The Morgan fingerprint density at radius 2 is 2.11 bits per heavy atom. The van der Waals surface area contributed by atoms with Gasteiger partial charge in [-0.25, -0.2) is 0 Å². The molecule has 0 spiro atoms. The number of ether oxygens (including phenoxy) is 1. The lowest BCUT2D eigenvalue weighted by atomic mass is 10.0. The molecule has 1 heterocycles. The van der Waals surface area contributed by atoms with E-state index in [1.807, 2.05) is 24.3 Å². The fourth-order valence-corrected chi connectivity index (χ4v) is 2.70. The molecule has 19 heavy (non-hydrogen) atoms. The quantitative estimate of drug-likeness (QED) is 0.906. The van der Waals surface area contributed by atoms with Gasteiger partial charge in [-0.3, -0.25) is 0 Å². The summed E-state index contributed by atoms with van der Waals surface area (Å²) in [6.45, 7) is 1.67. The Kier molecular flexibility index (Phi) is 3.74. The van der Waals surface area contributed by atoms with E-state index >= 15 is 0 Å². The topological polar surface area (TPSA) is 21.3 Å². The minimum atomic E-state index is 0.603. The smallest absolute Gasteiger partial charge is 0.120 e. The summed E-state index contributed by atoms with van der Waals surface area (Å²) in [7, 11) is 0. The molecule has 0 saturated heterocycles. The lowest BCUT2D eigenvalue weighted by Crippen LogP contribution is -2.12. The van der Waals surface area contributed by atoms with Gasteiger partial charge in [0.05, 0.1) is 0 Å². The van der Waals surface area contributed by atoms with Crippen molar-refractivity contribution in [2.24, 2.45) is 0 Å². The highest BCUT2D eigenvalue weighted by molar-refractivity contribution is 9.10. The number of rotatable bonds is 3. The maximum atomic E-state index is 5.81. The van der Waals surface area contributed by atoms with Gasteiger partial charge in [0.1, 0.15) is 12.4 Å². The molecule has 3 heteroatoms. The molecule has 0 fully saturated rings. The number of nitrogens with one attached hydrogen (secondary N) is 1.